The van der Waals surface area contributed by atoms with Gasteiger partial charge in [0.25, 0.3) is 0 Å². The molecule has 0 radical (unpaired) electrons. The zero-order chi connectivity index (χ0) is 16.8. The lowest BCUT2D eigenvalue weighted by Crippen LogP contribution is -2.45. The maximum Gasteiger partial charge on any atom is 0.138 e. The summed E-state index contributed by atoms with van der Waals surface area (Å²) in [6.07, 6.45) is 0. The molecule has 0 aliphatic carbocycles. The molecule has 1 aromatic rings. The summed E-state index contributed by atoms with van der Waals surface area (Å²) < 4.78 is 11.4. The molecule has 1 aliphatic heterocycles. The summed E-state index contributed by atoms with van der Waals surface area (Å²) in [6, 6.07) is 1.88. The Morgan fingerprint density at radius 1 is 1.00 bits per heavy atom. The van der Waals surface area contributed by atoms with Crippen LogP contribution in [0.25, 0.3) is 0 Å². The van der Waals surface area contributed by atoms with E-state index in [1.54, 1.807) is 0 Å². The van der Waals surface area contributed by atoms with Crippen molar-refractivity contribution >= 4 is 35.6 Å². The quantitative estimate of drug-likeness (QED) is 0.655. The van der Waals surface area contributed by atoms with E-state index in [0.717, 1.165) is 50.5 Å². The Bertz CT molecular complexity index is 521. The van der Waals surface area contributed by atoms with Crippen LogP contribution in [-0.2, 0) is 4.74 Å². The Balaban J connectivity index is 0.00000288. The molecule has 0 unspecified atom stereocenters. The standard InChI is InChI=1S/C17H26Cl2N2O2.ClH/c1-13-12-15(17(19)14(2)16(13)18)23-11-10-22-9-8-21-6-4-20(3)5-7-21;/h12H,4-11H2,1-3H3;1H. The number of piperazine rings is 1. The number of likely N-dealkylation sites (N-methyl/N-ethyl adjacent to an activating group) is 1. The lowest BCUT2D eigenvalue weighted by molar-refractivity contribution is 0.0658. The van der Waals surface area contributed by atoms with Crippen LogP contribution >= 0.6 is 35.6 Å². The third kappa shape index (κ3) is 6.25. The predicted octanol–water partition coefficient (Wildman–Crippen LogP) is 3.67. The zero-order valence-electron chi connectivity index (χ0n) is 14.6. The van der Waals surface area contributed by atoms with Crippen molar-refractivity contribution < 1.29 is 9.47 Å². The molecule has 2 rings (SSSR count). The molecule has 7 heteroatoms. The van der Waals surface area contributed by atoms with Crippen LogP contribution in [-0.4, -0.2) is 69.4 Å². The maximum atomic E-state index is 6.26. The molecule has 4 nitrogen and oxygen atoms in total. The normalized spacial score (nSPS) is 16.0. The molecule has 0 aromatic heterocycles. The van der Waals surface area contributed by atoms with Crippen molar-refractivity contribution in [2.75, 3.05) is 59.6 Å². The Labute approximate surface area is 161 Å². The van der Waals surface area contributed by atoms with Crippen molar-refractivity contribution in [2.24, 2.45) is 0 Å². The van der Waals surface area contributed by atoms with Crippen molar-refractivity contribution in [1.82, 2.24) is 9.80 Å². The number of nitrogens with zero attached hydrogens (tertiary/aromatic N) is 2. The highest BCUT2D eigenvalue weighted by molar-refractivity contribution is 6.37. The summed E-state index contributed by atoms with van der Waals surface area (Å²) in [7, 11) is 2.16. The van der Waals surface area contributed by atoms with Crippen molar-refractivity contribution in [2.45, 2.75) is 13.8 Å². The molecule has 1 aliphatic rings. The minimum absolute atomic E-state index is 0. The second-order valence-corrected chi connectivity index (χ2v) is 6.81. The Kier molecular flexibility index (Phi) is 9.72. The third-order valence-corrected chi connectivity index (χ3v) is 5.25. The fraction of sp³-hybridized carbons (Fsp3) is 0.647. The van der Waals surface area contributed by atoms with Gasteiger partial charge in [-0.2, -0.15) is 0 Å². The summed E-state index contributed by atoms with van der Waals surface area (Å²) in [5.74, 6) is 0.675. The molecular formula is C17H27Cl3N2O2. The molecule has 0 saturated carbocycles. The zero-order valence-corrected chi connectivity index (χ0v) is 16.9. The second kappa shape index (κ2) is 10.7. The van der Waals surface area contributed by atoms with Crippen LogP contribution in [0.15, 0.2) is 6.07 Å². The average Bonchev–Trinajstić information content (AvgIpc) is 2.55. The SMILES string of the molecule is Cc1cc(OCCOCCN2CCN(C)CC2)c(Cl)c(C)c1Cl.Cl. The maximum absolute atomic E-state index is 6.26. The van der Waals surface area contributed by atoms with E-state index < -0.39 is 0 Å². The van der Waals surface area contributed by atoms with E-state index in [1.807, 2.05) is 19.9 Å². The minimum Gasteiger partial charge on any atom is -0.490 e. The fourth-order valence-corrected chi connectivity index (χ4v) is 2.98. The van der Waals surface area contributed by atoms with Gasteiger partial charge in [-0.25, -0.2) is 0 Å². The molecule has 0 bridgehead atoms. The summed E-state index contributed by atoms with van der Waals surface area (Å²) in [5.41, 5.74) is 1.83. The number of rotatable bonds is 7. The first-order chi connectivity index (χ1) is 11.0. The smallest absolute Gasteiger partial charge is 0.138 e. The molecule has 1 fully saturated rings. The number of hydrogen-bond acceptors (Lipinski definition) is 4. The van der Waals surface area contributed by atoms with Crippen molar-refractivity contribution in [3.05, 3.63) is 27.2 Å². The van der Waals surface area contributed by atoms with Crippen LogP contribution in [0.5, 0.6) is 5.75 Å². The van der Waals surface area contributed by atoms with E-state index in [2.05, 4.69) is 16.8 Å². The number of benzene rings is 1. The van der Waals surface area contributed by atoms with Gasteiger partial charge in [-0.1, -0.05) is 23.2 Å². The predicted molar refractivity (Wildman–Crippen MR) is 103 cm³/mol. The van der Waals surface area contributed by atoms with E-state index in [9.17, 15) is 0 Å². The van der Waals surface area contributed by atoms with Crippen LogP contribution in [0.2, 0.25) is 10.0 Å². The second-order valence-electron chi connectivity index (χ2n) is 6.05. The van der Waals surface area contributed by atoms with Crippen molar-refractivity contribution in [3.63, 3.8) is 0 Å². The van der Waals surface area contributed by atoms with Gasteiger partial charge in [0.15, 0.2) is 0 Å². The number of ether oxygens (including phenoxy) is 2. The first-order valence-corrected chi connectivity index (χ1v) is 8.81. The van der Waals surface area contributed by atoms with Gasteiger partial charge in [-0.3, -0.25) is 4.90 Å². The van der Waals surface area contributed by atoms with Gasteiger partial charge in [-0.15, -0.1) is 12.4 Å². The van der Waals surface area contributed by atoms with Crippen LogP contribution in [0.3, 0.4) is 0 Å². The van der Waals surface area contributed by atoms with E-state index in [1.165, 1.54) is 0 Å². The fourth-order valence-electron chi connectivity index (χ4n) is 2.58. The number of hydrogen-bond donors (Lipinski definition) is 0. The van der Waals surface area contributed by atoms with Gasteiger partial charge in [0, 0.05) is 37.7 Å². The molecule has 138 valence electrons. The van der Waals surface area contributed by atoms with Crippen LogP contribution in [0.4, 0.5) is 0 Å². The molecule has 1 aromatic carbocycles. The Hall–Kier alpha value is -0.230. The molecule has 0 N–H and O–H groups in total. The highest BCUT2D eigenvalue weighted by atomic mass is 35.5. The molecular weight excluding hydrogens is 371 g/mol. The first-order valence-electron chi connectivity index (χ1n) is 8.05. The summed E-state index contributed by atoms with van der Waals surface area (Å²) >= 11 is 12.4. The molecule has 24 heavy (non-hydrogen) atoms. The number of halogens is 3. The highest BCUT2D eigenvalue weighted by Gasteiger charge is 2.13. The Morgan fingerprint density at radius 3 is 2.33 bits per heavy atom. The van der Waals surface area contributed by atoms with Gasteiger partial charge in [0.1, 0.15) is 12.4 Å². The average molecular weight is 398 g/mol. The molecule has 1 heterocycles. The largest absolute Gasteiger partial charge is 0.490 e. The van der Waals surface area contributed by atoms with E-state index in [0.29, 0.717) is 29.0 Å². The summed E-state index contributed by atoms with van der Waals surface area (Å²) in [5, 5.41) is 1.28. The van der Waals surface area contributed by atoms with Gasteiger partial charge in [0.05, 0.1) is 18.2 Å². The van der Waals surface area contributed by atoms with Crippen molar-refractivity contribution in [3.8, 4) is 5.75 Å². The van der Waals surface area contributed by atoms with Gasteiger partial charge in [-0.05, 0) is 38.1 Å². The molecule has 0 amide bonds. The van der Waals surface area contributed by atoms with E-state index >= 15 is 0 Å². The van der Waals surface area contributed by atoms with E-state index in [-0.39, 0.29) is 12.4 Å². The van der Waals surface area contributed by atoms with E-state index in [4.69, 9.17) is 32.7 Å². The summed E-state index contributed by atoms with van der Waals surface area (Å²) in [4.78, 5) is 4.79. The lowest BCUT2D eigenvalue weighted by Gasteiger charge is -2.32. The minimum atomic E-state index is 0. The molecule has 1 saturated heterocycles. The topological polar surface area (TPSA) is 24.9 Å². The number of aryl methyl sites for hydroxylation is 1. The Morgan fingerprint density at radius 2 is 1.67 bits per heavy atom. The first kappa shape index (κ1) is 21.8. The van der Waals surface area contributed by atoms with Gasteiger partial charge >= 0.3 is 0 Å². The molecule has 0 atom stereocenters. The lowest BCUT2D eigenvalue weighted by atomic mass is 10.1. The van der Waals surface area contributed by atoms with Gasteiger partial charge in [0.2, 0.25) is 0 Å². The van der Waals surface area contributed by atoms with Crippen LogP contribution in [0.1, 0.15) is 11.1 Å². The van der Waals surface area contributed by atoms with Crippen LogP contribution in [0, 0.1) is 13.8 Å². The van der Waals surface area contributed by atoms with Crippen LogP contribution < -0.4 is 4.74 Å². The monoisotopic (exact) mass is 396 g/mol. The van der Waals surface area contributed by atoms with Gasteiger partial charge < -0.3 is 14.4 Å². The third-order valence-electron chi connectivity index (χ3n) is 4.20. The van der Waals surface area contributed by atoms with Crippen molar-refractivity contribution in [1.29, 1.82) is 0 Å². The molecule has 0 spiro atoms. The highest BCUT2D eigenvalue weighted by Crippen LogP contribution is 2.35. The summed E-state index contributed by atoms with van der Waals surface area (Å²) in [6.45, 7) is 11.1.